The SMILES string of the molecule is C.Cc1ccc(S(=O)(=O)n2ccc3c(-c4nc(-c5c(C)nnn5C)cc(N5CCOC[C@H]5C)n4)ccnc32)cc1.Cc1ccc(S(=O)(=O)n2ccc3c(-c4nc(Cl)cc(N5CCOC[C@H]5C)n4)ccnc32)cc1.Cc1nnn(C)c1-c1cc(N2CCOC[C@H]2C)nc(-c2ccnc3[nH]ccc23)n1.[CH3-].[W]. The predicted molar refractivity (Wildman–Crippen MR) is 397 cm³/mol. The third-order valence-electron chi connectivity index (χ3n) is 18.0. The molecule has 0 unspecified atom stereocenters. The summed E-state index contributed by atoms with van der Waals surface area (Å²) >= 11 is 6.36. The van der Waals surface area contributed by atoms with Crippen molar-refractivity contribution >= 4 is 82.2 Å². The molecule has 2 aromatic carbocycles. The first-order valence-electron chi connectivity index (χ1n) is 32.8. The van der Waals surface area contributed by atoms with Gasteiger partial charge in [0.1, 0.15) is 39.6 Å². The molecule has 0 amide bonds. The van der Waals surface area contributed by atoms with Gasteiger partial charge in [-0.2, -0.15) is 0 Å². The van der Waals surface area contributed by atoms with Gasteiger partial charge >= 0.3 is 0 Å². The van der Waals surface area contributed by atoms with Crippen LogP contribution in [0.4, 0.5) is 17.5 Å². The van der Waals surface area contributed by atoms with Crippen molar-refractivity contribution in [3.63, 3.8) is 0 Å². The monoisotopic (exact) mass is 1630 g/mol. The smallest absolute Gasteiger partial charge is 0.269 e. The minimum Gasteiger partial charge on any atom is -0.377 e. The number of hydrogen-bond donors (Lipinski definition) is 1. The second-order valence-corrected chi connectivity index (χ2v) is 29.1. The molecule has 3 aliphatic rings. The van der Waals surface area contributed by atoms with E-state index >= 15 is 0 Å². The van der Waals surface area contributed by atoms with Crippen molar-refractivity contribution in [1.29, 1.82) is 0 Å². The van der Waals surface area contributed by atoms with Crippen LogP contribution < -0.4 is 14.7 Å². The van der Waals surface area contributed by atoms with Crippen LogP contribution in [0.5, 0.6) is 0 Å². The summed E-state index contributed by atoms with van der Waals surface area (Å²) in [6, 6.07) is 30.7. The van der Waals surface area contributed by atoms with E-state index in [0.29, 0.717) is 120 Å². The number of aryl methyl sites for hydroxylation is 6. The number of ether oxygens (including phenoxy) is 3. The number of benzene rings is 2. The van der Waals surface area contributed by atoms with E-state index in [1.165, 1.54) is 20.3 Å². The minimum absolute atomic E-state index is 0. The number of hydrogen-bond acceptors (Lipinski definition) is 23. The molecular formula is C72H79ClN21O7S2W-. The number of fused-ring (bicyclic) bond motifs is 3. The standard InChI is InChI=1S/C27H28N8O3S.C23H22ClN5O3S.C20H22N8O.CH4.CH3.W/c1-17-5-7-20(8-6-17)39(36,37)35-12-10-22-21(9-11-28-27(22)35)26-29-23(25-19(3)31-32-33(25)4)15-24(30-26)34-13-14-38-16-18(34)2;1-15-3-5-17(6-4-15)33(30,31)29-10-8-19-18(7-9-25-23(19)29)22-26-20(24)13-21(27-22)28-11-12-32-14-16(28)2;1-12-11-29-9-8-28(12)17-10-16(18-13(2)25-26-27(18)3)23-20(24-17)15-5-7-22-19-14(15)4-6-21-19;;;/h5-12,15,18H,13-14,16H2,1-4H3;3-10,13,16H,11-12,14H2,1-2H3;4-7,10,12H,8-9,11H2,1-3H3,(H,21,22);1H4;1H3;/q;;;;-1;/t18-;16-;12-;;;/m111.../s1. The van der Waals surface area contributed by atoms with Gasteiger partial charge in [-0.1, -0.05) is 64.8 Å². The van der Waals surface area contributed by atoms with E-state index in [4.69, 9.17) is 50.7 Å². The predicted octanol–water partition coefficient (Wildman–Crippen LogP) is 10.7. The Morgan fingerprint density at radius 3 is 1.27 bits per heavy atom. The third kappa shape index (κ3) is 14.9. The first-order chi connectivity index (χ1) is 48.7. The fourth-order valence-electron chi connectivity index (χ4n) is 12.8. The molecule has 28 nitrogen and oxygen atoms in total. The van der Waals surface area contributed by atoms with Crippen LogP contribution in [0.25, 0.3) is 90.0 Å². The molecule has 13 aromatic rings. The van der Waals surface area contributed by atoms with Gasteiger partial charge in [-0.3, -0.25) is 0 Å². The molecule has 0 spiro atoms. The summed E-state index contributed by atoms with van der Waals surface area (Å²) in [5, 5.41) is 19.3. The summed E-state index contributed by atoms with van der Waals surface area (Å²) < 4.78 is 76.2. The zero-order valence-electron chi connectivity index (χ0n) is 58.3. The number of nitrogens with zero attached hydrogens (tertiary/aromatic N) is 20. The number of rotatable bonds is 12. The second-order valence-electron chi connectivity index (χ2n) is 25.0. The zero-order chi connectivity index (χ0) is 70.4. The first-order valence-corrected chi connectivity index (χ1v) is 36.0. The van der Waals surface area contributed by atoms with Crippen LogP contribution in [0.1, 0.15) is 50.7 Å². The Balaban J connectivity index is 0.000000156. The van der Waals surface area contributed by atoms with Gasteiger partial charge in [-0.05, 0) is 109 Å². The van der Waals surface area contributed by atoms with Crippen LogP contribution in [0.2, 0.25) is 5.15 Å². The maximum Gasteiger partial charge on any atom is 0.269 e. The van der Waals surface area contributed by atoms with Crippen LogP contribution in [0.3, 0.4) is 0 Å². The first kappa shape index (κ1) is 75.3. The fraction of sp³-hybridized carbons (Fsp3) is 0.306. The van der Waals surface area contributed by atoms with Gasteiger partial charge in [0.2, 0.25) is 0 Å². The number of aromatic amines is 1. The molecule has 0 saturated carbocycles. The third-order valence-corrected chi connectivity index (χ3v) is 21.6. The second kappa shape index (κ2) is 31.3. The van der Waals surface area contributed by atoms with E-state index < -0.39 is 20.0 Å². The molecular weight excluding hydrogens is 1550 g/mol. The van der Waals surface area contributed by atoms with Gasteiger partial charge < -0.3 is 41.3 Å². The van der Waals surface area contributed by atoms with Crippen LogP contribution in [0, 0.1) is 35.1 Å². The molecule has 1 N–H and O–H groups in total. The molecule has 14 heterocycles. The van der Waals surface area contributed by atoms with Gasteiger partial charge in [0.05, 0.1) is 90.3 Å². The molecule has 0 radical (unpaired) electrons. The van der Waals surface area contributed by atoms with Crippen molar-refractivity contribution in [2.24, 2.45) is 14.1 Å². The van der Waals surface area contributed by atoms with Crippen LogP contribution >= 0.6 is 11.6 Å². The average Bonchev–Trinajstić information content (AvgIpc) is 1.52. The van der Waals surface area contributed by atoms with Gasteiger partial charge in [0, 0.05) is 143 Å². The van der Waals surface area contributed by atoms with Crippen LogP contribution in [-0.4, -0.2) is 182 Å². The Hall–Kier alpha value is -9.81. The Morgan fingerprint density at radius 2 is 0.875 bits per heavy atom. The number of morpholine rings is 3. The Labute approximate surface area is 622 Å². The number of nitrogens with one attached hydrogen (secondary N) is 1. The summed E-state index contributed by atoms with van der Waals surface area (Å²) in [5.74, 6) is 3.86. The Bertz CT molecular complexity index is 5440. The van der Waals surface area contributed by atoms with Crippen LogP contribution in [-0.2, 0) is 69.4 Å². The molecule has 11 aromatic heterocycles. The topological polar surface area (TPSA) is 309 Å². The maximum atomic E-state index is 13.5. The van der Waals surface area contributed by atoms with E-state index in [-0.39, 0.29) is 63.8 Å². The molecule has 0 aliphatic carbocycles. The number of aromatic nitrogens is 18. The summed E-state index contributed by atoms with van der Waals surface area (Å²) in [6.07, 6.45) is 9.83. The van der Waals surface area contributed by atoms with E-state index in [0.717, 1.165) is 74.4 Å². The molecule has 3 atom stereocenters. The molecule has 3 saturated heterocycles. The molecule has 3 fully saturated rings. The van der Waals surface area contributed by atoms with Crippen molar-refractivity contribution in [3.05, 3.63) is 175 Å². The number of H-pyrrole nitrogens is 1. The fourth-order valence-corrected chi connectivity index (χ4v) is 15.5. The number of anilines is 3. The number of pyridine rings is 3. The maximum absolute atomic E-state index is 13.5. The zero-order valence-corrected chi connectivity index (χ0v) is 63.6. The van der Waals surface area contributed by atoms with Gasteiger partial charge in [-0.15, -0.1) is 10.2 Å². The Kier molecular flexibility index (Phi) is 22.6. The molecule has 0 bridgehead atoms. The van der Waals surface area contributed by atoms with E-state index in [1.54, 1.807) is 101 Å². The quantitative estimate of drug-likeness (QED) is 0.0877. The van der Waals surface area contributed by atoms with Crippen molar-refractivity contribution in [2.45, 2.75) is 83.8 Å². The van der Waals surface area contributed by atoms with Crippen molar-refractivity contribution in [3.8, 4) is 56.9 Å². The van der Waals surface area contributed by atoms with Gasteiger partial charge in [0.25, 0.3) is 20.0 Å². The molecule has 16 rings (SSSR count). The van der Waals surface area contributed by atoms with Gasteiger partial charge in [0.15, 0.2) is 28.8 Å². The van der Waals surface area contributed by atoms with Crippen molar-refractivity contribution in [2.75, 3.05) is 74.0 Å². The largest absolute Gasteiger partial charge is 0.377 e. The van der Waals surface area contributed by atoms with E-state index in [2.05, 4.69) is 81.0 Å². The van der Waals surface area contributed by atoms with Crippen LogP contribution in [0.15, 0.2) is 150 Å². The van der Waals surface area contributed by atoms with Crippen molar-refractivity contribution in [1.82, 2.24) is 87.8 Å². The summed E-state index contributed by atoms with van der Waals surface area (Å²) in [4.78, 5) is 52.2. The minimum atomic E-state index is -3.85. The molecule has 104 heavy (non-hydrogen) atoms. The van der Waals surface area contributed by atoms with E-state index in [1.807, 2.05) is 78.3 Å². The number of halogens is 1. The molecule has 540 valence electrons. The van der Waals surface area contributed by atoms with Crippen molar-refractivity contribution < 1.29 is 52.1 Å². The van der Waals surface area contributed by atoms with Gasteiger partial charge in [-0.25, -0.2) is 79.0 Å². The Morgan fingerprint density at radius 1 is 0.490 bits per heavy atom. The normalized spacial score (nSPS) is 16.2. The summed E-state index contributed by atoms with van der Waals surface area (Å²) in [7, 11) is -3.96. The summed E-state index contributed by atoms with van der Waals surface area (Å²) in [5.41, 5.74) is 10.4. The average molecular weight is 1630 g/mol. The summed E-state index contributed by atoms with van der Waals surface area (Å²) in [6.45, 7) is 19.9. The molecule has 32 heteroatoms. The molecule has 3 aliphatic heterocycles. The van der Waals surface area contributed by atoms with E-state index in [9.17, 15) is 16.8 Å².